The van der Waals surface area contributed by atoms with Crippen LogP contribution in [0.2, 0.25) is 0 Å². The van der Waals surface area contributed by atoms with Gasteiger partial charge in [-0.25, -0.2) is 9.37 Å². The fourth-order valence-electron chi connectivity index (χ4n) is 4.13. The Morgan fingerprint density at radius 3 is 2.57 bits per heavy atom. The van der Waals surface area contributed by atoms with Crippen molar-refractivity contribution in [1.29, 1.82) is 0 Å². The fraction of sp³-hybridized carbons (Fsp3) is 0.320. The van der Waals surface area contributed by atoms with Crippen LogP contribution in [0, 0.1) is 5.82 Å². The number of hydrogen-bond donors (Lipinski definition) is 1. The molecule has 1 aromatic heterocycles. The molecule has 1 aliphatic rings. The maximum absolute atomic E-state index is 15.1. The van der Waals surface area contributed by atoms with Gasteiger partial charge in [-0.3, -0.25) is 0 Å². The monoisotopic (exact) mass is 405 g/mol. The summed E-state index contributed by atoms with van der Waals surface area (Å²) in [6.45, 7) is 6.11. The number of hydrogen-bond acceptors (Lipinski definition) is 4. The predicted molar refractivity (Wildman–Crippen MR) is 121 cm³/mol. The minimum Gasteiger partial charge on any atom is -0.496 e. The Morgan fingerprint density at radius 2 is 1.87 bits per heavy atom. The topological polar surface area (TPSA) is 37.4 Å². The van der Waals surface area contributed by atoms with E-state index in [2.05, 4.69) is 16.9 Å². The van der Waals surface area contributed by atoms with E-state index in [1.54, 1.807) is 13.2 Å². The van der Waals surface area contributed by atoms with Crippen molar-refractivity contribution < 1.29 is 9.13 Å². The van der Waals surface area contributed by atoms with Crippen molar-refractivity contribution in [1.82, 2.24) is 15.2 Å². The Morgan fingerprint density at radius 1 is 1.13 bits per heavy atom. The summed E-state index contributed by atoms with van der Waals surface area (Å²) in [5.74, 6) is 0.780. The fourth-order valence-corrected chi connectivity index (χ4v) is 4.13. The molecular weight excluding hydrogens is 377 g/mol. The Labute approximate surface area is 176 Å². The van der Waals surface area contributed by atoms with Crippen molar-refractivity contribution in [2.75, 3.05) is 34.3 Å². The van der Waals surface area contributed by atoms with Crippen molar-refractivity contribution in [3.05, 3.63) is 58.3 Å². The van der Waals surface area contributed by atoms with Crippen LogP contribution in [0.25, 0.3) is 34.8 Å². The number of ether oxygens (including phenoxy) is 1. The lowest BCUT2D eigenvalue weighted by Gasteiger charge is -2.22. The smallest absolute Gasteiger partial charge is 0.150 e. The molecule has 1 fully saturated rings. The number of rotatable bonds is 4. The highest BCUT2D eigenvalue weighted by atomic mass is 19.1. The van der Waals surface area contributed by atoms with Crippen molar-refractivity contribution in [3.8, 4) is 16.9 Å². The minimum atomic E-state index is -0.297. The van der Waals surface area contributed by atoms with E-state index in [4.69, 9.17) is 4.74 Å². The first kappa shape index (κ1) is 20.4. The molecule has 0 atom stereocenters. The van der Waals surface area contributed by atoms with Gasteiger partial charge < -0.3 is 15.0 Å². The Kier molecular flexibility index (Phi) is 5.73. The van der Waals surface area contributed by atoms with E-state index in [0.717, 1.165) is 58.6 Å². The van der Waals surface area contributed by atoms with Gasteiger partial charge in [0.25, 0.3) is 0 Å². The molecule has 30 heavy (non-hydrogen) atoms. The van der Waals surface area contributed by atoms with E-state index in [9.17, 15) is 0 Å². The zero-order chi connectivity index (χ0) is 21.3. The molecular formula is C25H28FN3O. The summed E-state index contributed by atoms with van der Waals surface area (Å²) in [7, 11) is 5.54. The molecule has 2 aromatic carbocycles. The number of pyridine rings is 1. The lowest BCUT2D eigenvalue weighted by atomic mass is 9.93. The lowest BCUT2D eigenvalue weighted by molar-refractivity contribution is 0.411. The van der Waals surface area contributed by atoms with Crippen LogP contribution in [-0.4, -0.2) is 44.2 Å². The third-order valence-electron chi connectivity index (χ3n) is 5.72. The molecule has 2 heterocycles. The first-order valence-electron chi connectivity index (χ1n) is 10.3. The standard InChI is InChI=1S/C25H28FN3O/c1-16-21(15-29(2)3)12-20(14-24(16)30-4)19-11-18-5-6-23(17-7-9-27-10-8-17)28-25(18)22(26)13-19/h5-6,11-15,17,27H,1,7-10H2,2-4H3/b21-15-. The summed E-state index contributed by atoms with van der Waals surface area (Å²) >= 11 is 0. The molecule has 0 aliphatic carbocycles. The van der Waals surface area contributed by atoms with Crippen LogP contribution < -0.4 is 20.5 Å². The van der Waals surface area contributed by atoms with Gasteiger partial charge in [-0.05, 0) is 67.4 Å². The first-order chi connectivity index (χ1) is 14.5. The zero-order valence-electron chi connectivity index (χ0n) is 17.8. The third kappa shape index (κ3) is 4.03. The molecule has 1 saturated heterocycles. The molecule has 1 aliphatic heterocycles. The molecule has 0 unspecified atom stereocenters. The summed E-state index contributed by atoms with van der Waals surface area (Å²) in [6.07, 6.45) is 4.07. The van der Waals surface area contributed by atoms with Gasteiger partial charge in [-0.1, -0.05) is 12.6 Å². The second-order valence-electron chi connectivity index (χ2n) is 8.13. The number of methoxy groups -OCH3 is 1. The van der Waals surface area contributed by atoms with E-state index >= 15 is 4.39 Å². The average Bonchev–Trinajstić information content (AvgIpc) is 2.75. The van der Waals surface area contributed by atoms with Crippen LogP contribution >= 0.6 is 0 Å². The van der Waals surface area contributed by atoms with Crippen LogP contribution in [0.5, 0.6) is 5.75 Å². The molecule has 4 nitrogen and oxygen atoms in total. The average molecular weight is 406 g/mol. The zero-order valence-corrected chi connectivity index (χ0v) is 17.8. The van der Waals surface area contributed by atoms with Crippen LogP contribution in [0.3, 0.4) is 0 Å². The van der Waals surface area contributed by atoms with Crippen molar-refractivity contribution in [2.45, 2.75) is 18.8 Å². The second-order valence-corrected chi connectivity index (χ2v) is 8.13. The van der Waals surface area contributed by atoms with Gasteiger partial charge >= 0.3 is 0 Å². The summed E-state index contributed by atoms with van der Waals surface area (Å²) in [4.78, 5) is 6.65. The van der Waals surface area contributed by atoms with Gasteiger partial charge in [0.2, 0.25) is 0 Å². The number of fused-ring (bicyclic) bond motifs is 1. The largest absolute Gasteiger partial charge is 0.496 e. The molecule has 5 heteroatoms. The summed E-state index contributed by atoms with van der Waals surface area (Å²) in [5.41, 5.74) is 3.11. The van der Waals surface area contributed by atoms with Gasteiger partial charge in [-0.15, -0.1) is 0 Å². The molecule has 0 amide bonds. The van der Waals surface area contributed by atoms with Gasteiger partial charge in [-0.2, -0.15) is 0 Å². The van der Waals surface area contributed by atoms with Crippen molar-refractivity contribution >= 4 is 23.7 Å². The van der Waals surface area contributed by atoms with Crippen LogP contribution in [-0.2, 0) is 0 Å². The molecule has 1 N–H and O–H groups in total. The molecule has 4 rings (SSSR count). The molecule has 0 radical (unpaired) electrons. The molecule has 156 valence electrons. The summed E-state index contributed by atoms with van der Waals surface area (Å²) in [6, 6.07) is 11.5. The SMILES string of the molecule is C=c1c(OC)cc(-c2cc(F)c3nc(C4CCNCC4)ccc3c2)c/c1=C/N(C)C. The highest BCUT2D eigenvalue weighted by molar-refractivity contribution is 5.85. The third-order valence-corrected chi connectivity index (χ3v) is 5.72. The van der Waals surface area contributed by atoms with Crippen LogP contribution in [0.1, 0.15) is 24.5 Å². The minimum absolute atomic E-state index is 0.297. The number of piperidine rings is 1. The highest BCUT2D eigenvalue weighted by Crippen LogP contribution is 2.30. The number of nitrogens with zero attached hydrogens (tertiary/aromatic N) is 2. The van der Waals surface area contributed by atoms with Gasteiger partial charge in [0, 0.05) is 47.7 Å². The predicted octanol–water partition coefficient (Wildman–Crippen LogP) is 3.23. The normalized spacial score (nSPS) is 15.5. The number of benzene rings is 2. The van der Waals surface area contributed by atoms with Gasteiger partial charge in [0.05, 0.1) is 7.11 Å². The maximum Gasteiger partial charge on any atom is 0.150 e. The summed E-state index contributed by atoms with van der Waals surface area (Å²) < 4.78 is 20.6. The van der Waals surface area contributed by atoms with Gasteiger partial charge in [0.15, 0.2) is 0 Å². The Bertz CT molecular complexity index is 1180. The van der Waals surface area contributed by atoms with E-state index in [0.29, 0.717) is 17.2 Å². The molecule has 0 bridgehead atoms. The highest BCUT2D eigenvalue weighted by Gasteiger charge is 2.18. The molecule has 0 saturated carbocycles. The molecule has 3 aromatic rings. The maximum atomic E-state index is 15.1. The van der Waals surface area contributed by atoms with E-state index in [-0.39, 0.29) is 5.82 Å². The van der Waals surface area contributed by atoms with Crippen molar-refractivity contribution in [2.24, 2.45) is 0 Å². The Hall–Kier alpha value is -2.92. The Balaban J connectivity index is 1.81. The number of halogens is 1. The van der Waals surface area contributed by atoms with Crippen LogP contribution in [0.4, 0.5) is 4.39 Å². The van der Waals surface area contributed by atoms with Gasteiger partial charge in [0.1, 0.15) is 17.1 Å². The quantitative estimate of drug-likeness (QED) is 0.723. The number of aromatic nitrogens is 1. The van der Waals surface area contributed by atoms with E-state index in [1.165, 1.54) is 0 Å². The lowest BCUT2D eigenvalue weighted by Crippen LogP contribution is -2.27. The van der Waals surface area contributed by atoms with Crippen LogP contribution in [0.15, 0.2) is 36.4 Å². The number of nitrogens with one attached hydrogen (secondary N) is 1. The van der Waals surface area contributed by atoms with Crippen molar-refractivity contribution in [3.63, 3.8) is 0 Å². The summed E-state index contributed by atoms with van der Waals surface area (Å²) in [5, 5.41) is 5.92. The van der Waals surface area contributed by atoms with E-state index in [1.807, 2.05) is 55.5 Å². The second kappa shape index (κ2) is 8.44. The first-order valence-corrected chi connectivity index (χ1v) is 10.3. The molecule has 0 spiro atoms. The van der Waals surface area contributed by atoms with E-state index < -0.39 is 0 Å².